The Morgan fingerprint density at radius 2 is 2.16 bits per heavy atom. The molecular weight excluding hydrogens is 263 g/mol. The van der Waals surface area contributed by atoms with Gasteiger partial charge in [0.2, 0.25) is 0 Å². The predicted octanol–water partition coefficient (Wildman–Crippen LogP) is 2.99. The molecule has 1 aromatic rings. The Labute approximate surface area is 121 Å². The van der Waals surface area contributed by atoms with E-state index in [4.69, 9.17) is 0 Å². The molecule has 0 saturated carbocycles. The zero-order valence-electron chi connectivity index (χ0n) is 12.0. The van der Waals surface area contributed by atoms with E-state index in [1.54, 1.807) is 12.1 Å². The molecule has 0 aliphatic carbocycles. The highest BCUT2D eigenvalue weighted by molar-refractivity contribution is 5.85. The van der Waals surface area contributed by atoms with Gasteiger partial charge >= 0.3 is 0 Å². The van der Waals surface area contributed by atoms with Gasteiger partial charge in [-0.1, -0.05) is 13.0 Å². The van der Waals surface area contributed by atoms with Crippen molar-refractivity contribution in [1.82, 2.24) is 10.2 Å². The van der Waals surface area contributed by atoms with Crippen molar-refractivity contribution < 1.29 is 4.39 Å². The van der Waals surface area contributed by atoms with Crippen LogP contribution in [0.1, 0.15) is 24.5 Å². The zero-order chi connectivity index (χ0) is 13.2. The molecule has 108 valence electrons. The second-order valence-electron chi connectivity index (χ2n) is 5.98. The van der Waals surface area contributed by atoms with Crippen LogP contribution in [0.3, 0.4) is 0 Å². The monoisotopic (exact) mass is 286 g/mol. The van der Waals surface area contributed by atoms with Gasteiger partial charge < -0.3 is 10.2 Å². The van der Waals surface area contributed by atoms with Crippen LogP contribution in [0, 0.1) is 18.2 Å². The molecule has 1 heterocycles. The summed E-state index contributed by atoms with van der Waals surface area (Å²) < 4.78 is 13.1. The van der Waals surface area contributed by atoms with E-state index in [1.807, 2.05) is 13.0 Å². The lowest BCUT2D eigenvalue weighted by Gasteiger charge is -2.29. The van der Waals surface area contributed by atoms with Crippen LogP contribution in [0.4, 0.5) is 4.39 Å². The molecular formula is C15H24ClFN2. The van der Waals surface area contributed by atoms with Gasteiger partial charge in [0, 0.05) is 19.6 Å². The van der Waals surface area contributed by atoms with Crippen LogP contribution >= 0.6 is 12.4 Å². The van der Waals surface area contributed by atoms with Gasteiger partial charge in [-0.15, -0.1) is 12.4 Å². The second-order valence-corrected chi connectivity index (χ2v) is 5.98. The number of hydrogen-bond donors (Lipinski definition) is 1. The average Bonchev–Trinajstić information content (AvgIpc) is 2.69. The summed E-state index contributed by atoms with van der Waals surface area (Å²) in [5.41, 5.74) is 2.63. The lowest BCUT2D eigenvalue weighted by Crippen LogP contribution is -2.34. The minimum absolute atomic E-state index is 0. The fraction of sp³-hybridized carbons (Fsp3) is 0.600. The van der Waals surface area contributed by atoms with E-state index in [9.17, 15) is 4.39 Å². The van der Waals surface area contributed by atoms with Gasteiger partial charge in [0.25, 0.3) is 0 Å². The minimum atomic E-state index is -0.147. The molecule has 0 bridgehead atoms. The van der Waals surface area contributed by atoms with Crippen LogP contribution in [0.2, 0.25) is 0 Å². The molecule has 1 N–H and O–H groups in total. The molecule has 1 aromatic carbocycles. The van der Waals surface area contributed by atoms with Gasteiger partial charge in [0.1, 0.15) is 5.82 Å². The highest BCUT2D eigenvalue weighted by Crippen LogP contribution is 2.26. The maximum absolute atomic E-state index is 13.1. The highest BCUT2D eigenvalue weighted by atomic mass is 35.5. The van der Waals surface area contributed by atoms with Crippen molar-refractivity contribution in [3.8, 4) is 0 Å². The van der Waals surface area contributed by atoms with E-state index in [0.29, 0.717) is 5.41 Å². The zero-order valence-corrected chi connectivity index (χ0v) is 12.8. The van der Waals surface area contributed by atoms with Crippen LogP contribution in [0.15, 0.2) is 18.2 Å². The number of aryl methyl sites for hydroxylation is 1. The third-order valence-corrected chi connectivity index (χ3v) is 3.85. The summed E-state index contributed by atoms with van der Waals surface area (Å²) in [7, 11) is 2.15. The van der Waals surface area contributed by atoms with E-state index < -0.39 is 0 Å². The quantitative estimate of drug-likeness (QED) is 0.915. The summed E-state index contributed by atoms with van der Waals surface area (Å²) in [5.74, 6) is -0.147. The number of halogens is 2. The fourth-order valence-electron chi connectivity index (χ4n) is 2.84. The third-order valence-electron chi connectivity index (χ3n) is 3.85. The molecule has 4 heteroatoms. The number of benzene rings is 1. The van der Waals surface area contributed by atoms with Crippen molar-refractivity contribution in [1.29, 1.82) is 0 Å². The SMILES string of the molecule is Cc1cc(F)ccc1CN(C)CC1(C)CCNC1.Cl. The molecule has 1 saturated heterocycles. The minimum Gasteiger partial charge on any atom is -0.316 e. The first-order valence-electron chi connectivity index (χ1n) is 6.63. The Morgan fingerprint density at radius 3 is 2.74 bits per heavy atom. The normalized spacial score (nSPS) is 22.6. The summed E-state index contributed by atoms with van der Waals surface area (Å²) in [6.45, 7) is 8.50. The molecule has 1 fully saturated rings. The van der Waals surface area contributed by atoms with Crippen molar-refractivity contribution in [3.63, 3.8) is 0 Å². The fourth-order valence-corrected chi connectivity index (χ4v) is 2.84. The van der Waals surface area contributed by atoms with Crippen molar-refractivity contribution in [2.24, 2.45) is 5.41 Å². The Kier molecular flexibility index (Phi) is 5.78. The van der Waals surface area contributed by atoms with Crippen molar-refractivity contribution in [2.75, 3.05) is 26.7 Å². The molecule has 0 spiro atoms. The average molecular weight is 287 g/mol. The van der Waals surface area contributed by atoms with Gasteiger partial charge in [-0.05, 0) is 55.6 Å². The van der Waals surface area contributed by atoms with E-state index in [2.05, 4.69) is 24.2 Å². The van der Waals surface area contributed by atoms with Gasteiger partial charge in [-0.3, -0.25) is 0 Å². The van der Waals surface area contributed by atoms with E-state index in [1.165, 1.54) is 12.0 Å². The largest absolute Gasteiger partial charge is 0.316 e. The van der Waals surface area contributed by atoms with Gasteiger partial charge in [0.15, 0.2) is 0 Å². The smallest absolute Gasteiger partial charge is 0.123 e. The summed E-state index contributed by atoms with van der Waals surface area (Å²) in [4.78, 5) is 2.34. The standard InChI is InChI=1S/C15H23FN2.ClH/c1-12-8-14(16)5-4-13(12)9-18(3)11-15(2)6-7-17-10-15;/h4-5,8,17H,6-7,9-11H2,1-3H3;1H. The molecule has 19 heavy (non-hydrogen) atoms. The van der Waals surface area contributed by atoms with Crippen LogP contribution in [0.5, 0.6) is 0 Å². The Bertz CT molecular complexity index is 417. The molecule has 1 atom stereocenters. The maximum atomic E-state index is 13.1. The first-order valence-corrected chi connectivity index (χ1v) is 6.63. The second kappa shape index (κ2) is 6.69. The van der Waals surface area contributed by atoms with Crippen LogP contribution in [-0.4, -0.2) is 31.6 Å². The first kappa shape index (κ1) is 16.4. The summed E-state index contributed by atoms with van der Waals surface area (Å²) >= 11 is 0. The van der Waals surface area contributed by atoms with Gasteiger partial charge in [0.05, 0.1) is 0 Å². The predicted molar refractivity (Wildman–Crippen MR) is 80.3 cm³/mol. The summed E-state index contributed by atoms with van der Waals surface area (Å²) in [6.07, 6.45) is 1.24. The third kappa shape index (κ3) is 4.44. The number of rotatable bonds is 4. The van der Waals surface area contributed by atoms with Crippen molar-refractivity contribution in [2.45, 2.75) is 26.8 Å². The molecule has 0 radical (unpaired) electrons. The van der Waals surface area contributed by atoms with Gasteiger partial charge in [-0.2, -0.15) is 0 Å². The molecule has 0 amide bonds. The molecule has 2 rings (SSSR count). The molecule has 1 aliphatic rings. The van der Waals surface area contributed by atoms with Crippen molar-refractivity contribution >= 4 is 12.4 Å². The number of nitrogens with one attached hydrogen (secondary N) is 1. The molecule has 1 unspecified atom stereocenters. The van der Waals surface area contributed by atoms with Gasteiger partial charge in [-0.25, -0.2) is 4.39 Å². The number of hydrogen-bond acceptors (Lipinski definition) is 2. The van der Waals surface area contributed by atoms with E-state index in [-0.39, 0.29) is 18.2 Å². The van der Waals surface area contributed by atoms with E-state index >= 15 is 0 Å². The maximum Gasteiger partial charge on any atom is 0.123 e. The van der Waals surface area contributed by atoms with Crippen LogP contribution < -0.4 is 5.32 Å². The molecule has 0 aromatic heterocycles. The highest BCUT2D eigenvalue weighted by Gasteiger charge is 2.29. The summed E-state index contributed by atoms with van der Waals surface area (Å²) in [6, 6.07) is 5.06. The first-order chi connectivity index (χ1) is 8.48. The molecule has 1 aliphatic heterocycles. The Balaban J connectivity index is 0.00000180. The topological polar surface area (TPSA) is 15.3 Å². The van der Waals surface area contributed by atoms with Crippen molar-refractivity contribution in [3.05, 3.63) is 35.1 Å². The summed E-state index contributed by atoms with van der Waals surface area (Å²) in [5, 5.41) is 3.42. The number of nitrogens with zero attached hydrogens (tertiary/aromatic N) is 1. The Hall–Kier alpha value is -0.640. The molecule has 2 nitrogen and oxygen atoms in total. The van der Waals surface area contributed by atoms with Crippen LogP contribution in [0.25, 0.3) is 0 Å². The lowest BCUT2D eigenvalue weighted by atomic mass is 9.89. The lowest BCUT2D eigenvalue weighted by molar-refractivity contribution is 0.203. The van der Waals surface area contributed by atoms with Crippen LogP contribution in [-0.2, 0) is 6.54 Å². The van der Waals surface area contributed by atoms with E-state index in [0.717, 1.165) is 31.7 Å². The Morgan fingerprint density at radius 1 is 1.42 bits per heavy atom.